The lowest BCUT2D eigenvalue weighted by Gasteiger charge is -2.10. The summed E-state index contributed by atoms with van der Waals surface area (Å²) in [6.07, 6.45) is 2.52. The molecule has 0 aromatic heterocycles. The third-order valence-electron chi connectivity index (χ3n) is 2.91. The maximum atomic E-state index is 6.10. The van der Waals surface area contributed by atoms with E-state index in [9.17, 15) is 0 Å². The van der Waals surface area contributed by atoms with Crippen molar-refractivity contribution in [2.45, 2.75) is 18.9 Å². The summed E-state index contributed by atoms with van der Waals surface area (Å²) in [5.41, 5.74) is 7.26. The number of halogens is 1. The molecular formula is C11H14ClNO2. The van der Waals surface area contributed by atoms with Crippen LogP contribution in [0.15, 0.2) is 18.2 Å². The number of ether oxygens (including phenoxy) is 2. The van der Waals surface area contributed by atoms with Gasteiger partial charge in [-0.1, -0.05) is 6.07 Å². The SMILES string of the molecule is Cl.N[C@@H](c1ccc2c(c1)OCO2)C1CC1. The summed E-state index contributed by atoms with van der Waals surface area (Å²) in [6, 6.07) is 6.16. The number of rotatable bonds is 2. The largest absolute Gasteiger partial charge is 0.454 e. The average Bonchev–Trinajstić information content (AvgIpc) is 2.95. The van der Waals surface area contributed by atoms with Crippen LogP contribution in [0.2, 0.25) is 0 Å². The van der Waals surface area contributed by atoms with Gasteiger partial charge in [-0.2, -0.15) is 0 Å². The number of benzene rings is 1. The first-order chi connectivity index (χ1) is 6.84. The highest BCUT2D eigenvalue weighted by Gasteiger charge is 2.30. The van der Waals surface area contributed by atoms with Crippen LogP contribution in [0.5, 0.6) is 11.5 Å². The van der Waals surface area contributed by atoms with Crippen molar-refractivity contribution in [3.63, 3.8) is 0 Å². The van der Waals surface area contributed by atoms with Crippen molar-refractivity contribution < 1.29 is 9.47 Å². The van der Waals surface area contributed by atoms with Crippen LogP contribution in [-0.4, -0.2) is 6.79 Å². The minimum absolute atomic E-state index is 0. The Morgan fingerprint density at radius 2 is 1.93 bits per heavy atom. The van der Waals surface area contributed by atoms with Gasteiger partial charge in [-0.05, 0) is 36.5 Å². The summed E-state index contributed by atoms with van der Waals surface area (Å²) < 4.78 is 10.6. The lowest BCUT2D eigenvalue weighted by molar-refractivity contribution is 0.174. The van der Waals surface area contributed by atoms with E-state index in [1.807, 2.05) is 18.2 Å². The van der Waals surface area contributed by atoms with Gasteiger partial charge >= 0.3 is 0 Å². The smallest absolute Gasteiger partial charge is 0.231 e. The molecule has 0 amide bonds. The molecule has 1 aliphatic carbocycles. The van der Waals surface area contributed by atoms with Gasteiger partial charge in [0.1, 0.15) is 0 Å². The van der Waals surface area contributed by atoms with Gasteiger partial charge in [0.05, 0.1) is 0 Å². The normalized spacial score (nSPS) is 19.5. The Labute approximate surface area is 95.0 Å². The zero-order chi connectivity index (χ0) is 9.54. The van der Waals surface area contributed by atoms with Gasteiger partial charge in [0.25, 0.3) is 0 Å². The van der Waals surface area contributed by atoms with Crippen LogP contribution in [0.3, 0.4) is 0 Å². The zero-order valence-electron chi connectivity index (χ0n) is 8.31. The molecule has 0 unspecified atom stereocenters. The van der Waals surface area contributed by atoms with Gasteiger partial charge in [-0.25, -0.2) is 0 Å². The molecule has 0 bridgehead atoms. The fraction of sp³-hybridized carbons (Fsp3) is 0.455. The van der Waals surface area contributed by atoms with Crippen molar-refractivity contribution in [1.82, 2.24) is 0 Å². The molecule has 1 aliphatic heterocycles. The molecule has 1 aromatic rings. The van der Waals surface area contributed by atoms with Crippen LogP contribution in [0.4, 0.5) is 0 Å². The van der Waals surface area contributed by atoms with E-state index in [4.69, 9.17) is 15.2 Å². The predicted octanol–water partition coefficient (Wildman–Crippen LogP) is 2.25. The molecule has 2 aliphatic rings. The van der Waals surface area contributed by atoms with E-state index >= 15 is 0 Å². The maximum Gasteiger partial charge on any atom is 0.231 e. The van der Waals surface area contributed by atoms with Crippen molar-refractivity contribution in [3.05, 3.63) is 23.8 Å². The second-order valence-electron chi connectivity index (χ2n) is 3.98. The fourth-order valence-corrected chi connectivity index (χ4v) is 1.85. The molecule has 0 saturated heterocycles. The topological polar surface area (TPSA) is 44.5 Å². The minimum atomic E-state index is 0. The Bertz CT molecular complexity index is 366. The van der Waals surface area contributed by atoms with E-state index in [1.165, 1.54) is 12.8 Å². The molecule has 3 rings (SSSR count). The molecule has 15 heavy (non-hydrogen) atoms. The van der Waals surface area contributed by atoms with Gasteiger partial charge in [0, 0.05) is 6.04 Å². The number of nitrogens with two attached hydrogens (primary N) is 1. The molecule has 4 heteroatoms. The molecule has 0 radical (unpaired) electrons. The third kappa shape index (κ3) is 1.90. The molecule has 0 spiro atoms. The van der Waals surface area contributed by atoms with Crippen LogP contribution in [0.25, 0.3) is 0 Å². The summed E-state index contributed by atoms with van der Waals surface area (Å²) in [7, 11) is 0. The van der Waals surface area contributed by atoms with E-state index in [1.54, 1.807) is 0 Å². The summed E-state index contributed by atoms with van der Waals surface area (Å²) in [5, 5.41) is 0. The van der Waals surface area contributed by atoms with Crippen molar-refractivity contribution >= 4 is 12.4 Å². The molecule has 1 saturated carbocycles. The summed E-state index contributed by atoms with van der Waals surface area (Å²) >= 11 is 0. The lowest BCUT2D eigenvalue weighted by atomic mass is 10.0. The number of fused-ring (bicyclic) bond motifs is 1. The molecule has 1 aromatic carbocycles. The van der Waals surface area contributed by atoms with Crippen LogP contribution in [0, 0.1) is 5.92 Å². The van der Waals surface area contributed by atoms with E-state index in [-0.39, 0.29) is 18.4 Å². The highest BCUT2D eigenvalue weighted by molar-refractivity contribution is 5.85. The number of hydrogen-bond acceptors (Lipinski definition) is 3. The molecule has 1 fully saturated rings. The first-order valence-electron chi connectivity index (χ1n) is 5.00. The van der Waals surface area contributed by atoms with Crippen molar-refractivity contribution in [2.75, 3.05) is 6.79 Å². The van der Waals surface area contributed by atoms with E-state index in [0.29, 0.717) is 12.7 Å². The van der Waals surface area contributed by atoms with Crippen molar-refractivity contribution in [1.29, 1.82) is 0 Å². The molecular weight excluding hydrogens is 214 g/mol. The average molecular weight is 228 g/mol. The Morgan fingerprint density at radius 3 is 2.67 bits per heavy atom. The van der Waals surface area contributed by atoms with E-state index < -0.39 is 0 Å². The van der Waals surface area contributed by atoms with Crippen molar-refractivity contribution in [3.8, 4) is 11.5 Å². The third-order valence-corrected chi connectivity index (χ3v) is 2.91. The number of hydrogen-bond donors (Lipinski definition) is 1. The van der Waals surface area contributed by atoms with Gasteiger partial charge in [-0.15, -0.1) is 12.4 Å². The van der Waals surface area contributed by atoms with Gasteiger partial charge in [-0.3, -0.25) is 0 Å². The highest BCUT2D eigenvalue weighted by atomic mass is 35.5. The van der Waals surface area contributed by atoms with E-state index in [0.717, 1.165) is 17.1 Å². The second kappa shape index (κ2) is 3.91. The molecule has 1 heterocycles. The Morgan fingerprint density at radius 1 is 1.20 bits per heavy atom. The Hall–Kier alpha value is -0.930. The standard InChI is InChI=1S/C11H13NO2.ClH/c12-11(7-1-2-7)8-3-4-9-10(5-8)14-6-13-9;/h3-5,7,11H,1-2,6,12H2;1H/t11-;/m1./s1. The Balaban J connectivity index is 0.000000853. The van der Waals surface area contributed by atoms with Gasteiger partial charge in [0.15, 0.2) is 11.5 Å². The first kappa shape index (κ1) is 10.6. The van der Waals surface area contributed by atoms with Crippen LogP contribution in [-0.2, 0) is 0 Å². The molecule has 82 valence electrons. The Kier molecular flexibility index (Phi) is 2.76. The fourth-order valence-electron chi connectivity index (χ4n) is 1.85. The highest BCUT2D eigenvalue weighted by Crippen LogP contribution is 2.42. The molecule has 3 nitrogen and oxygen atoms in total. The first-order valence-corrected chi connectivity index (χ1v) is 5.00. The van der Waals surface area contributed by atoms with Gasteiger partial charge in [0.2, 0.25) is 6.79 Å². The maximum absolute atomic E-state index is 6.10. The van der Waals surface area contributed by atoms with Crippen molar-refractivity contribution in [2.24, 2.45) is 11.7 Å². The summed E-state index contributed by atoms with van der Waals surface area (Å²) in [4.78, 5) is 0. The van der Waals surface area contributed by atoms with Crippen LogP contribution in [0.1, 0.15) is 24.4 Å². The zero-order valence-corrected chi connectivity index (χ0v) is 9.13. The van der Waals surface area contributed by atoms with Gasteiger partial charge < -0.3 is 15.2 Å². The van der Waals surface area contributed by atoms with Crippen LogP contribution >= 0.6 is 12.4 Å². The van der Waals surface area contributed by atoms with Crippen LogP contribution < -0.4 is 15.2 Å². The second-order valence-corrected chi connectivity index (χ2v) is 3.98. The lowest BCUT2D eigenvalue weighted by Crippen LogP contribution is -2.11. The molecule has 1 atom stereocenters. The monoisotopic (exact) mass is 227 g/mol. The van der Waals surface area contributed by atoms with E-state index in [2.05, 4.69) is 0 Å². The minimum Gasteiger partial charge on any atom is -0.454 e. The summed E-state index contributed by atoms with van der Waals surface area (Å²) in [6.45, 7) is 0.331. The quantitative estimate of drug-likeness (QED) is 0.843. The predicted molar refractivity (Wildman–Crippen MR) is 59.5 cm³/mol. The molecule has 2 N–H and O–H groups in total. The summed E-state index contributed by atoms with van der Waals surface area (Å²) in [5.74, 6) is 2.34.